The lowest BCUT2D eigenvalue weighted by molar-refractivity contribution is -0.148. The second-order valence-electron chi connectivity index (χ2n) is 9.96. The molecule has 1 atom stereocenters. The summed E-state index contributed by atoms with van der Waals surface area (Å²) in [6.45, 7) is 1.91. The summed E-state index contributed by atoms with van der Waals surface area (Å²) >= 11 is -0.221. The molecule has 0 spiro atoms. The minimum atomic E-state index is -4.38. The number of anilines is 2. The number of fused-ring (bicyclic) bond motifs is 1. The Kier molecular flexibility index (Phi) is 10.7. The lowest BCUT2D eigenvalue weighted by atomic mass is 10.1. The molecule has 2 amide bonds. The summed E-state index contributed by atoms with van der Waals surface area (Å²) in [5.74, 6) is -0.646. The molecule has 0 saturated heterocycles. The first kappa shape index (κ1) is 33.3. The van der Waals surface area contributed by atoms with Gasteiger partial charge in [-0.25, -0.2) is 9.18 Å². The number of halogens is 4. The van der Waals surface area contributed by atoms with Gasteiger partial charge in [0, 0.05) is 28.6 Å². The topological polar surface area (TPSA) is 102 Å². The molecule has 1 unspecified atom stereocenters. The number of benzene rings is 3. The molecule has 0 aliphatic heterocycles. The van der Waals surface area contributed by atoms with Gasteiger partial charge in [-0.3, -0.25) is 19.1 Å². The van der Waals surface area contributed by atoms with E-state index in [9.17, 15) is 31.9 Å². The van der Waals surface area contributed by atoms with E-state index in [1.165, 1.54) is 53.2 Å². The third kappa shape index (κ3) is 9.22. The van der Waals surface area contributed by atoms with Crippen molar-refractivity contribution in [2.75, 3.05) is 31.3 Å². The minimum absolute atomic E-state index is 0.0143. The molecule has 4 rings (SSSR count). The summed E-state index contributed by atoms with van der Waals surface area (Å²) in [7, 11) is 3.42. The number of nitrogens with zero attached hydrogens (tertiary/aromatic N) is 2. The Hall–Kier alpha value is -4.56. The Morgan fingerprint density at radius 3 is 2.20 bits per heavy atom. The standard InChI is InChI=1S/C31H30F4N4O5S/c1-4-43-29(41)27(38(2)3)15-16-28(40)39-18-25(24-17-19(32)5-14-26(24)39)37-30(42)36-20-6-8-21(9-7-20)44-22-10-12-23(13-11-22)45-31(33,34)35/h5-14,17-18,27H,4,15-16H2,1-3H3,(H2,36,37,42). The molecule has 14 heteroatoms. The largest absolute Gasteiger partial charge is 0.465 e. The Bertz CT molecular complexity index is 1660. The zero-order chi connectivity index (χ0) is 32.7. The molecule has 2 N–H and O–H groups in total. The lowest BCUT2D eigenvalue weighted by Gasteiger charge is -2.22. The van der Waals surface area contributed by atoms with Crippen molar-refractivity contribution >= 4 is 51.9 Å². The molecule has 1 heterocycles. The number of carbonyl (C=O) groups excluding carboxylic acids is 3. The fraction of sp³-hybridized carbons (Fsp3) is 0.258. The van der Waals surface area contributed by atoms with Gasteiger partial charge in [0.2, 0.25) is 5.91 Å². The van der Waals surface area contributed by atoms with Gasteiger partial charge in [-0.05, 0) is 106 Å². The van der Waals surface area contributed by atoms with Crippen LogP contribution in [0.15, 0.2) is 77.8 Å². The number of urea groups is 1. The van der Waals surface area contributed by atoms with Crippen LogP contribution in [0.5, 0.6) is 11.5 Å². The molecule has 0 bridgehead atoms. The molecular formula is C31H30F4N4O5S. The van der Waals surface area contributed by atoms with Crippen molar-refractivity contribution in [3.8, 4) is 11.5 Å². The summed E-state index contributed by atoms with van der Waals surface area (Å²) in [5.41, 5.74) is -3.43. The Balaban J connectivity index is 1.41. The summed E-state index contributed by atoms with van der Waals surface area (Å²) in [6, 6.07) is 14.2. The van der Waals surface area contributed by atoms with Crippen molar-refractivity contribution in [3.63, 3.8) is 0 Å². The molecule has 3 aromatic carbocycles. The highest BCUT2D eigenvalue weighted by Crippen LogP contribution is 2.37. The van der Waals surface area contributed by atoms with Crippen LogP contribution in [0.25, 0.3) is 10.9 Å². The zero-order valence-electron chi connectivity index (χ0n) is 24.5. The quantitative estimate of drug-likeness (QED) is 0.0977. The minimum Gasteiger partial charge on any atom is -0.465 e. The Morgan fingerprint density at radius 2 is 1.60 bits per heavy atom. The normalized spacial score (nSPS) is 12.2. The summed E-state index contributed by atoms with van der Waals surface area (Å²) < 4.78 is 63.8. The summed E-state index contributed by atoms with van der Waals surface area (Å²) in [4.78, 5) is 40.0. The van der Waals surface area contributed by atoms with Crippen LogP contribution in [-0.2, 0) is 9.53 Å². The van der Waals surface area contributed by atoms with Crippen LogP contribution in [0.4, 0.5) is 33.7 Å². The van der Waals surface area contributed by atoms with Crippen molar-refractivity contribution in [1.29, 1.82) is 0 Å². The highest BCUT2D eigenvalue weighted by atomic mass is 32.2. The lowest BCUT2D eigenvalue weighted by Crippen LogP contribution is -2.37. The fourth-order valence-electron chi connectivity index (χ4n) is 4.45. The van der Waals surface area contributed by atoms with Crippen LogP contribution in [0.2, 0.25) is 0 Å². The van der Waals surface area contributed by atoms with Gasteiger partial charge < -0.3 is 20.1 Å². The number of hydrogen-bond acceptors (Lipinski definition) is 7. The summed E-state index contributed by atoms with van der Waals surface area (Å²) in [6.07, 6.45) is 1.58. The first-order valence-corrected chi connectivity index (χ1v) is 14.5. The second kappa shape index (κ2) is 14.5. The van der Waals surface area contributed by atoms with Gasteiger partial charge >= 0.3 is 17.5 Å². The maximum Gasteiger partial charge on any atom is 0.446 e. The van der Waals surface area contributed by atoms with Crippen LogP contribution in [-0.4, -0.2) is 59.6 Å². The van der Waals surface area contributed by atoms with E-state index < -0.39 is 29.4 Å². The number of alkyl halides is 3. The van der Waals surface area contributed by atoms with E-state index in [-0.39, 0.29) is 47.7 Å². The van der Waals surface area contributed by atoms with Crippen molar-refractivity contribution in [2.24, 2.45) is 0 Å². The zero-order valence-corrected chi connectivity index (χ0v) is 25.3. The third-order valence-electron chi connectivity index (χ3n) is 6.50. The van der Waals surface area contributed by atoms with Gasteiger partial charge in [0.25, 0.3) is 0 Å². The van der Waals surface area contributed by atoms with Crippen LogP contribution < -0.4 is 15.4 Å². The first-order valence-electron chi connectivity index (χ1n) is 13.7. The van der Waals surface area contributed by atoms with E-state index in [0.717, 1.165) is 0 Å². The number of rotatable bonds is 11. The predicted molar refractivity (Wildman–Crippen MR) is 163 cm³/mol. The van der Waals surface area contributed by atoms with Gasteiger partial charge in [0.1, 0.15) is 23.4 Å². The fourth-order valence-corrected chi connectivity index (χ4v) is 4.99. The smallest absolute Gasteiger partial charge is 0.446 e. The second-order valence-corrected chi connectivity index (χ2v) is 11.1. The highest BCUT2D eigenvalue weighted by molar-refractivity contribution is 8.00. The summed E-state index contributed by atoms with van der Waals surface area (Å²) in [5, 5.41) is 5.59. The van der Waals surface area contributed by atoms with Gasteiger partial charge in [-0.1, -0.05) is 0 Å². The Labute approximate surface area is 260 Å². The molecule has 45 heavy (non-hydrogen) atoms. The number of esters is 1. The molecule has 1 aromatic heterocycles. The van der Waals surface area contributed by atoms with E-state index in [2.05, 4.69) is 10.6 Å². The number of thioether (sulfide) groups is 1. The number of ether oxygens (including phenoxy) is 2. The first-order chi connectivity index (χ1) is 21.3. The number of hydrogen-bond donors (Lipinski definition) is 2. The number of carbonyl (C=O) groups is 3. The van der Waals surface area contributed by atoms with E-state index in [0.29, 0.717) is 28.1 Å². The van der Waals surface area contributed by atoms with E-state index in [1.54, 1.807) is 50.2 Å². The SMILES string of the molecule is CCOC(=O)C(CCC(=O)n1cc(NC(=O)Nc2ccc(Oc3ccc(SC(F)(F)F)cc3)cc2)c2cc(F)ccc21)N(C)C. The molecule has 9 nitrogen and oxygen atoms in total. The van der Waals surface area contributed by atoms with Crippen molar-refractivity contribution in [1.82, 2.24) is 9.47 Å². The molecule has 4 aromatic rings. The van der Waals surface area contributed by atoms with E-state index >= 15 is 0 Å². The molecule has 0 aliphatic carbocycles. The number of amides is 2. The van der Waals surface area contributed by atoms with Gasteiger partial charge in [-0.15, -0.1) is 0 Å². The van der Waals surface area contributed by atoms with E-state index in [4.69, 9.17) is 9.47 Å². The number of aromatic nitrogens is 1. The van der Waals surface area contributed by atoms with Crippen LogP contribution in [0.3, 0.4) is 0 Å². The van der Waals surface area contributed by atoms with Gasteiger partial charge in [0.15, 0.2) is 0 Å². The molecule has 238 valence electrons. The van der Waals surface area contributed by atoms with Crippen molar-refractivity contribution in [2.45, 2.75) is 36.2 Å². The maximum atomic E-state index is 14.2. The molecule has 0 fully saturated rings. The van der Waals surface area contributed by atoms with Crippen molar-refractivity contribution < 1.29 is 41.4 Å². The van der Waals surface area contributed by atoms with Crippen LogP contribution >= 0.6 is 11.8 Å². The molecule has 0 radical (unpaired) electrons. The number of likely N-dealkylation sites (N-methyl/N-ethyl adjacent to an activating group) is 1. The average molecular weight is 647 g/mol. The van der Waals surface area contributed by atoms with Gasteiger partial charge in [0.05, 0.1) is 17.8 Å². The molecule has 0 saturated carbocycles. The van der Waals surface area contributed by atoms with Crippen LogP contribution in [0.1, 0.15) is 24.6 Å². The van der Waals surface area contributed by atoms with Crippen molar-refractivity contribution in [3.05, 3.63) is 78.7 Å². The monoisotopic (exact) mass is 646 g/mol. The van der Waals surface area contributed by atoms with E-state index in [1.807, 2.05) is 0 Å². The third-order valence-corrected chi connectivity index (χ3v) is 7.24. The maximum absolute atomic E-state index is 14.2. The van der Waals surface area contributed by atoms with Crippen LogP contribution in [0, 0.1) is 5.82 Å². The predicted octanol–water partition coefficient (Wildman–Crippen LogP) is 7.74. The van der Waals surface area contributed by atoms with Gasteiger partial charge in [-0.2, -0.15) is 13.2 Å². The molecule has 0 aliphatic rings. The Morgan fingerprint density at radius 1 is 0.956 bits per heavy atom. The molecular weight excluding hydrogens is 616 g/mol. The number of nitrogens with one attached hydrogen (secondary N) is 2. The average Bonchev–Trinajstić information content (AvgIpc) is 3.31. The highest BCUT2D eigenvalue weighted by Gasteiger charge is 2.29.